The molecule has 0 radical (unpaired) electrons. The molecule has 9 rings (SSSR count). The van der Waals surface area contributed by atoms with Crippen molar-refractivity contribution >= 4 is 110 Å². The van der Waals surface area contributed by atoms with Crippen LogP contribution in [0.5, 0.6) is 0 Å². The molecule has 2 aliphatic rings. The number of H-pyrrole nitrogens is 1. The molecule has 0 atom stereocenters. The van der Waals surface area contributed by atoms with E-state index in [1.165, 1.54) is 0 Å². The Morgan fingerprint density at radius 3 is 1.42 bits per heavy atom. The Morgan fingerprint density at radius 2 is 0.868 bits per heavy atom. The molecule has 0 saturated heterocycles. The Labute approximate surface area is 353 Å². The van der Waals surface area contributed by atoms with Crippen LogP contribution in [-0.2, 0) is 20.4 Å². The van der Waals surface area contributed by atoms with E-state index >= 15 is 0 Å². The minimum atomic E-state index is 0. The largest absolute Gasteiger partial charge is 0.355 e. The maximum atomic E-state index is 5.32. The van der Waals surface area contributed by atoms with Crippen molar-refractivity contribution in [3.63, 3.8) is 0 Å². The van der Waals surface area contributed by atoms with Gasteiger partial charge in [-0.2, -0.15) is 0 Å². The van der Waals surface area contributed by atoms with Crippen LogP contribution in [0.1, 0.15) is 22.8 Å². The Morgan fingerprint density at radius 1 is 0.434 bits per heavy atom. The van der Waals surface area contributed by atoms with E-state index in [0.717, 1.165) is 102 Å². The minimum absolute atomic E-state index is 0. The fourth-order valence-electron chi connectivity index (χ4n) is 6.86. The zero-order valence-electron chi connectivity index (χ0n) is 27.6. The van der Waals surface area contributed by atoms with Gasteiger partial charge < -0.3 is 9.55 Å². The monoisotopic (exact) mass is 1030 g/mol. The number of benzene rings is 4. The summed E-state index contributed by atoms with van der Waals surface area (Å²) in [6, 6.07) is 44.8. The van der Waals surface area contributed by atoms with Gasteiger partial charge in [-0.1, -0.05) is 100 Å². The zero-order valence-corrected chi connectivity index (χ0v) is 35.5. The van der Waals surface area contributed by atoms with E-state index in [4.69, 9.17) is 9.97 Å². The summed E-state index contributed by atoms with van der Waals surface area (Å²) in [6.07, 6.45) is 8.39. The molecule has 260 valence electrons. The van der Waals surface area contributed by atoms with Crippen molar-refractivity contribution in [1.29, 1.82) is 0 Å². The standard InChI is InChI=1S/C44H26Br4N4.Pd/c45-29-7-1-26(2-8-29)41-39-22-19-36(51-39)24-35-16-15-33(49-35)23-34-17-18-37(50-34)25-40-42(27-3-9-30(46)10-4-27)43(28-5-11-31(47)12-6-28)44(41)52(40)38-20-13-32(48)14-21-38;/h1-25,49H;. The number of nitrogens with one attached hydrogen (secondary N) is 1. The number of hydrogen-bond acceptors (Lipinski definition) is 2. The molecule has 3 aromatic heterocycles. The van der Waals surface area contributed by atoms with Crippen molar-refractivity contribution in [2.24, 2.45) is 0 Å². The zero-order chi connectivity index (χ0) is 35.3. The van der Waals surface area contributed by atoms with E-state index in [0.29, 0.717) is 0 Å². The third-order valence-electron chi connectivity index (χ3n) is 9.15. The maximum absolute atomic E-state index is 5.32. The SMILES string of the molecule is Brc1ccc(-c2c(-c3ccc(Br)cc3)c3c(-c4ccc(Br)cc4)c4nc(cc5ccc(cc6nc(cc2n3-c2ccc(Br)cc2)C=C6)[nH]5)C=C4)cc1.[Pd]. The second kappa shape index (κ2) is 15.1. The van der Waals surface area contributed by atoms with Crippen LogP contribution in [0.4, 0.5) is 0 Å². The van der Waals surface area contributed by atoms with Gasteiger partial charge in [-0.3, -0.25) is 0 Å². The van der Waals surface area contributed by atoms with Gasteiger partial charge in [0.05, 0.1) is 33.8 Å². The van der Waals surface area contributed by atoms with Gasteiger partial charge in [0.25, 0.3) is 0 Å². The van der Waals surface area contributed by atoms with Crippen molar-refractivity contribution in [1.82, 2.24) is 19.5 Å². The van der Waals surface area contributed by atoms with Crippen molar-refractivity contribution in [3.05, 3.63) is 168 Å². The molecule has 4 nitrogen and oxygen atoms in total. The molecule has 53 heavy (non-hydrogen) atoms. The first-order chi connectivity index (χ1) is 25.4. The third kappa shape index (κ3) is 7.19. The predicted octanol–water partition coefficient (Wildman–Crippen LogP) is 14.2. The maximum Gasteiger partial charge on any atom is 0.0737 e. The topological polar surface area (TPSA) is 46.5 Å². The van der Waals surface area contributed by atoms with Crippen LogP contribution < -0.4 is 0 Å². The molecule has 4 aromatic carbocycles. The van der Waals surface area contributed by atoms with Gasteiger partial charge in [0.1, 0.15) is 0 Å². The van der Waals surface area contributed by atoms with Crippen molar-refractivity contribution < 1.29 is 20.4 Å². The van der Waals surface area contributed by atoms with Crippen molar-refractivity contribution in [3.8, 4) is 39.1 Å². The van der Waals surface area contributed by atoms with Crippen LogP contribution in [-0.4, -0.2) is 19.5 Å². The van der Waals surface area contributed by atoms with Gasteiger partial charge in [-0.05, 0) is 132 Å². The van der Waals surface area contributed by atoms with Crippen molar-refractivity contribution in [2.75, 3.05) is 0 Å². The fourth-order valence-corrected chi connectivity index (χ4v) is 7.92. The van der Waals surface area contributed by atoms with Gasteiger partial charge in [-0.25, -0.2) is 9.97 Å². The number of aromatic amines is 1. The van der Waals surface area contributed by atoms with Crippen LogP contribution in [0, 0.1) is 0 Å². The molecule has 7 aromatic rings. The second-order valence-corrected chi connectivity index (χ2v) is 16.2. The number of fused-ring (bicyclic) bond motifs is 8. The van der Waals surface area contributed by atoms with E-state index in [9.17, 15) is 0 Å². The molecule has 0 fully saturated rings. The Kier molecular flexibility index (Phi) is 10.2. The van der Waals surface area contributed by atoms with Crippen LogP contribution in [0.15, 0.2) is 145 Å². The van der Waals surface area contributed by atoms with Crippen LogP contribution in [0.25, 0.3) is 85.4 Å². The van der Waals surface area contributed by atoms with E-state index in [1.807, 2.05) is 0 Å². The van der Waals surface area contributed by atoms with Gasteiger partial charge in [0.2, 0.25) is 0 Å². The average Bonchev–Trinajstić information content (AvgIpc) is 3.95. The molecule has 1 N–H and O–H groups in total. The normalized spacial score (nSPS) is 11.8. The summed E-state index contributed by atoms with van der Waals surface area (Å²) < 4.78 is 6.43. The summed E-state index contributed by atoms with van der Waals surface area (Å²) in [5.74, 6) is 0. The summed E-state index contributed by atoms with van der Waals surface area (Å²) in [5, 5.41) is 0. The molecule has 0 spiro atoms. The van der Waals surface area contributed by atoms with Gasteiger partial charge in [0.15, 0.2) is 0 Å². The molecule has 2 aliphatic heterocycles. The first-order valence-electron chi connectivity index (χ1n) is 16.6. The molecule has 0 amide bonds. The summed E-state index contributed by atoms with van der Waals surface area (Å²) >= 11 is 14.8. The molecular weight excluding hydrogens is 1010 g/mol. The molecule has 8 bridgehead atoms. The van der Waals surface area contributed by atoms with Crippen LogP contribution in [0.2, 0.25) is 0 Å². The Bertz CT molecular complexity index is 2750. The predicted molar refractivity (Wildman–Crippen MR) is 231 cm³/mol. The molecular formula is C44H26Br4N4Pd. The van der Waals surface area contributed by atoms with E-state index in [-0.39, 0.29) is 20.4 Å². The van der Waals surface area contributed by atoms with E-state index in [2.05, 4.69) is 225 Å². The first kappa shape index (κ1) is 36.1. The molecule has 0 unspecified atom stereocenters. The fraction of sp³-hybridized carbons (Fsp3) is 0. The van der Waals surface area contributed by atoms with Gasteiger partial charge >= 0.3 is 0 Å². The quantitative estimate of drug-likeness (QED) is 0.179. The number of halogens is 4. The molecule has 0 aliphatic carbocycles. The second-order valence-electron chi connectivity index (χ2n) is 12.5. The van der Waals surface area contributed by atoms with Crippen molar-refractivity contribution in [2.45, 2.75) is 0 Å². The summed E-state index contributed by atoms with van der Waals surface area (Å²) in [6.45, 7) is 0. The third-order valence-corrected chi connectivity index (χ3v) is 11.3. The van der Waals surface area contributed by atoms with Crippen LogP contribution >= 0.6 is 63.7 Å². The summed E-state index contributed by atoms with van der Waals surface area (Å²) in [4.78, 5) is 14.0. The number of hydrogen-bond donors (Lipinski definition) is 1. The number of nitrogens with zero attached hydrogens (tertiary/aromatic N) is 3. The Balaban J connectivity index is 0.00000400. The first-order valence-corrected chi connectivity index (χ1v) is 19.7. The van der Waals surface area contributed by atoms with Crippen LogP contribution in [0.3, 0.4) is 0 Å². The van der Waals surface area contributed by atoms with Gasteiger partial charge in [-0.15, -0.1) is 0 Å². The number of aromatic nitrogens is 4. The smallest absolute Gasteiger partial charge is 0.0737 e. The minimum Gasteiger partial charge on any atom is -0.355 e. The number of rotatable bonds is 4. The molecule has 5 heterocycles. The Hall–Kier alpha value is -3.94. The average molecular weight is 1040 g/mol. The summed E-state index contributed by atoms with van der Waals surface area (Å²) in [7, 11) is 0. The van der Waals surface area contributed by atoms with E-state index < -0.39 is 0 Å². The summed E-state index contributed by atoms with van der Waals surface area (Å²) in [5.41, 5.74) is 14.9. The molecule has 0 saturated carbocycles. The van der Waals surface area contributed by atoms with Gasteiger partial charge in [0, 0.05) is 71.7 Å². The van der Waals surface area contributed by atoms with E-state index in [1.54, 1.807) is 0 Å². The molecule has 9 heteroatoms.